The Kier molecular flexibility index (Phi) is 3.85. The highest BCUT2D eigenvalue weighted by atomic mass is 32.1. The molecule has 0 saturated heterocycles. The van der Waals surface area contributed by atoms with Crippen LogP contribution in [0.15, 0.2) is 23.2 Å². The molecule has 1 heterocycles. The minimum absolute atomic E-state index is 0.256. The van der Waals surface area contributed by atoms with Gasteiger partial charge in [-0.05, 0) is 19.1 Å². The van der Waals surface area contributed by atoms with Gasteiger partial charge in [0.05, 0.1) is 10.2 Å². The summed E-state index contributed by atoms with van der Waals surface area (Å²) in [6, 6.07) is 4.03. The van der Waals surface area contributed by atoms with Crippen LogP contribution in [0.5, 0.6) is 5.75 Å². The first kappa shape index (κ1) is 14.6. The first-order valence-corrected chi connectivity index (χ1v) is 6.45. The fourth-order valence-electron chi connectivity index (χ4n) is 1.38. The number of thiazole rings is 1. The van der Waals surface area contributed by atoms with Crippen molar-refractivity contribution >= 4 is 32.5 Å². The number of benzene rings is 1. The summed E-state index contributed by atoms with van der Waals surface area (Å²) in [6.45, 7) is 1.82. The van der Waals surface area contributed by atoms with Crippen molar-refractivity contribution in [2.45, 2.75) is 13.3 Å². The van der Waals surface area contributed by atoms with Crippen molar-refractivity contribution in [2.75, 3.05) is 14.1 Å². The third-order valence-corrected chi connectivity index (χ3v) is 3.40. The van der Waals surface area contributed by atoms with E-state index in [1.54, 1.807) is 0 Å². The molecular formula is C12H12F3N3OS. The molecule has 0 aliphatic carbocycles. The fourth-order valence-corrected chi connectivity index (χ4v) is 2.29. The van der Waals surface area contributed by atoms with Gasteiger partial charge in [-0.3, -0.25) is 0 Å². The lowest BCUT2D eigenvalue weighted by molar-refractivity contribution is -0.274. The molecule has 1 aromatic heterocycles. The monoisotopic (exact) mass is 303 g/mol. The van der Waals surface area contributed by atoms with Crippen molar-refractivity contribution in [2.24, 2.45) is 4.99 Å². The second-order valence-corrected chi connectivity index (χ2v) is 5.24. The number of aliphatic imine (C=N–C) groups is 1. The molecule has 108 valence electrons. The Morgan fingerprint density at radius 1 is 1.35 bits per heavy atom. The average Bonchev–Trinajstić information content (AvgIpc) is 2.68. The summed E-state index contributed by atoms with van der Waals surface area (Å²) in [5, 5.41) is 0.496. The van der Waals surface area contributed by atoms with Crippen LogP contribution in [-0.2, 0) is 0 Å². The molecule has 0 spiro atoms. The zero-order chi connectivity index (χ0) is 14.9. The van der Waals surface area contributed by atoms with Crippen LogP contribution in [0.2, 0.25) is 0 Å². The van der Waals surface area contributed by atoms with Gasteiger partial charge < -0.3 is 9.64 Å². The number of alkyl halides is 3. The van der Waals surface area contributed by atoms with Crippen LogP contribution < -0.4 is 4.74 Å². The number of amidine groups is 1. The third kappa shape index (κ3) is 3.60. The summed E-state index contributed by atoms with van der Waals surface area (Å²) in [4.78, 5) is 10.4. The van der Waals surface area contributed by atoms with Gasteiger partial charge in [0.2, 0.25) is 5.13 Å². The minimum Gasteiger partial charge on any atom is -0.406 e. The van der Waals surface area contributed by atoms with E-state index in [0.29, 0.717) is 15.3 Å². The van der Waals surface area contributed by atoms with Crippen molar-refractivity contribution in [3.63, 3.8) is 0 Å². The predicted molar refractivity (Wildman–Crippen MR) is 72.8 cm³/mol. The average molecular weight is 303 g/mol. The van der Waals surface area contributed by atoms with Crippen LogP contribution in [0.25, 0.3) is 10.2 Å². The van der Waals surface area contributed by atoms with Gasteiger partial charge in [0.25, 0.3) is 0 Å². The first-order valence-electron chi connectivity index (χ1n) is 5.63. The molecule has 0 bridgehead atoms. The summed E-state index contributed by atoms with van der Waals surface area (Å²) in [5.74, 6) is 0.504. The summed E-state index contributed by atoms with van der Waals surface area (Å²) in [5.41, 5.74) is 0.592. The molecule has 0 aliphatic rings. The molecular weight excluding hydrogens is 291 g/mol. The summed E-state index contributed by atoms with van der Waals surface area (Å²) in [7, 11) is 3.70. The lowest BCUT2D eigenvalue weighted by Gasteiger charge is -2.09. The van der Waals surface area contributed by atoms with Gasteiger partial charge in [0, 0.05) is 20.2 Å². The van der Waals surface area contributed by atoms with Crippen LogP contribution >= 0.6 is 11.3 Å². The van der Waals surface area contributed by atoms with Gasteiger partial charge >= 0.3 is 6.36 Å². The third-order valence-electron chi connectivity index (χ3n) is 2.49. The Labute approximate surface area is 117 Å². The molecule has 1 aromatic carbocycles. The van der Waals surface area contributed by atoms with Gasteiger partial charge in [0.1, 0.15) is 11.6 Å². The number of hydrogen-bond acceptors (Lipinski definition) is 4. The summed E-state index contributed by atoms with van der Waals surface area (Å²) in [6.07, 6.45) is -4.69. The van der Waals surface area contributed by atoms with Gasteiger partial charge in [0.15, 0.2) is 0 Å². The van der Waals surface area contributed by atoms with E-state index < -0.39 is 6.36 Å². The van der Waals surface area contributed by atoms with E-state index in [4.69, 9.17) is 0 Å². The molecule has 0 aliphatic heterocycles. The van der Waals surface area contributed by atoms with Crippen molar-refractivity contribution in [1.82, 2.24) is 9.88 Å². The highest BCUT2D eigenvalue weighted by molar-refractivity contribution is 7.22. The van der Waals surface area contributed by atoms with Crippen LogP contribution in [0.1, 0.15) is 6.92 Å². The molecule has 20 heavy (non-hydrogen) atoms. The van der Waals surface area contributed by atoms with E-state index >= 15 is 0 Å². The maximum absolute atomic E-state index is 12.1. The quantitative estimate of drug-likeness (QED) is 0.625. The number of nitrogens with zero attached hydrogens (tertiary/aromatic N) is 3. The molecule has 4 nitrogen and oxygen atoms in total. The second kappa shape index (κ2) is 5.28. The van der Waals surface area contributed by atoms with Gasteiger partial charge in [-0.2, -0.15) is 0 Å². The Hall–Kier alpha value is -1.83. The van der Waals surface area contributed by atoms with Crippen molar-refractivity contribution in [3.05, 3.63) is 18.2 Å². The highest BCUT2D eigenvalue weighted by Crippen LogP contribution is 2.32. The standard InChI is InChI=1S/C12H12F3N3OS/c1-7(18(2)3)16-11-17-9-5-4-8(6-10(9)20-11)19-12(13,14)15/h4-6H,1-3H3/b16-7+. The van der Waals surface area contributed by atoms with Crippen LogP contribution in [0.4, 0.5) is 18.3 Å². The molecule has 0 N–H and O–H groups in total. The van der Waals surface area contributed by atoms with E-state index in [1.807, 2.05) is 25.9 Å². The first-order chi connectivity index (χ1) is 9.24. The number of rotatable bonds is 2. The minimum atomic E-state index is -4.69. The fraction of sp³-hybridized carbons (Fsp3) is 0.333. The van der Waals surface area contributed by atoms with Gasteiger partial charge in [-0.25, -0.2) is 9.98 Å². The van der Waals surface area contributed by atoms with E-state index in [0.717, 1.165) is 5.84 Å². The SMILES string of the molecule is C/C(=N\c1nc2ccc(OC(F)(F)F)cc2s1)N(C)C. The van der Waals surface area contributed by atoms with E-state index in [9.17, 15) is 13.2 Å². The van der Waals surface area contributed by atoms with Crippen LogP contribution in [-0.4, -0.2) is 36.2 Å². The van der Waals surface area contributed by atoms with E-state index in [-0.39, 0.29) is 5.75 Å². The normalized spacial score (nSPS) is 12.8. The molecule has 0 saturated carbocycles. The smallest absolute Gasteiger partial charge is 0.406 e. The van der Waals surface area contributed by atoms with Gasteiger partial charge in [-0.1, -0.05) is 11.3 Å². The summed E-state index contributed by atoms with van der Waals surface area (Å²) >= 11 is 1.21. The predicted octanol–water partition coefficient (Wildman–Crippen LogP) is 3.81. The Morgan fingerprint density at radius 3 is 2.65 bits per heavy atom. The lowest BCUT2D eigenvalue weighted by atomic mass is 10.3. The number of aromatic nitrogens is 1. The van der Waals surface area contributed by atoms with Crippen molar-refractivity contribution in [1.29, 1.82) is 0 Å². The van der Waals surface area contributed by atoms with Crippen LogP contribution in [0, 0.1) is 0 Å². The number of hydrogen-bond donors (Lipinski definition) is 0. The summed E-state index contributed by atoms with van der Waals surface area (Å²) < 4.78 is 40.9. The lowest BCUT2D eigenvalue weighted by Crippen LogP contribution is -2.17. The van der Waals surface area contributed by atoms with E-state index in [1.165, 1.54) is 29.5 Å². The molecule has 2 aromatic rings. The topological polar surface area (TPSA) is 37.7 Å². The zero-order valence-corrected chi connectivity index (χ0v) is 11.8. The number of ether oxygens (including phenoxy) is 1. The Bertz CT molecular complexity index is 649. The molecule has 0 fully saturated rings. The maximum atomic E-state index is 12.1. The molecule has 0 atom stereocenters. The zero-order valence-electron chi connectivity index (χ0n) is 11.0. The number of fused-ring (bicyclic) bond motifs is 1. The van der Waals surface area contributed by atoms with Crippen molar-refractivity contribution in [3.8, 4) is 5.75 Å². The van der Waals surface area contributed by atoms with Gasteiger partial charge in [-0.15, -0.1) is 13.2 Å². The highest BCUT2D eigenvalue weighted by Gasteiger charge is 2.31. The maximum Gasteiger partial charge on any atom is 0.573 e. The molecule has 8 heteroatoms. The van der Waals surface area contributed by atoms with Crippen LogP contribution in [0.3, 0.4) is 0 Å². The van der Waals surface area contributed by atoms with Crippen molar-refractivity contribution < 1.29 is 17.9 Å². The molecule has 0 unspecified atom stereocenters. The Balaban J connectivity index is 2.33. The number of halogens is 3. The molecule has 0 amide bonds. The largest absolute Gasteiger partial charge is 0.573 e. The van der Waals surface area contributed by atoms with E-state index in [2.05, 4.69) is 14.7 Å². The second-order valence-electron chi connectivity index (χ2n) is 4.23. The molecule has 2 rings (SSSR count). The Morgan fingerprint density at radius 2 is 2.05 bits per heavy atom. The molecule has 0 radical (unpaired) electrons.